The minimum Gasteiger partial charge on any atom is -0.463 e. The van der Waals surface area contributed by atoms with Crippen molar-refractivity contribution >= 4 is 47.5 Å². The second kappa shape index (κ2) is 18.3. The van der Waals surface area contributed by atoms with Crippen molar-refractivity contribution in [2.24, 2.45) is 0 Å². The molecule has 3 rings (SSSR count). The van der Waals surface area contributed by atoms with Gasteiger partial charge < -0.3 is 52.7 Å². The Morgan fingerprint density at radius 1 is 0.520 bits per heavy atom. The molecule has 0 aromatic heterocycles. The normalized spacial score (nSPS) is 28.9. The van der Waals surface area contributed by atoms with Gasteiger partial charge in [0, 0.05) is 54.2 Å². The van der Waals surface area contributed by atoms with Gasteiger partial charge in [0.1, 0.15) is 31.5 Å². The monoisotopic (exact) mass is 711 g/mol. The third kappa shape index (κ3) is 11.7. The van der Waals surface area contributed by atoms with E-state index < -0.39 is 116 Å². The minimum atomic E-state index is -1.77. The maximum Gasteiger partial charge on any atom is 0.303 e. The summed E-state index contributed by atoms with van der Waals surface area (Å²) in [5.74, 6) is -5.71. The Kier molecular flexibility index (Phi) is 14.5. The standard InChI is InChI=1S/C32H41NO17/c1-15(34)41-13-23-26(27(44-18(4)37)29(46-20(6)39)31(48-23)33-22-11-9-8-10-12-22)50-32-30(47-21(7)40)28(45-19(5)38)25(43-17(3)36)24(49-32)14-42-16(2)35/h8-12,23-33H,13-14H2,1-7H3/t23-,24?,25?,26-,27+,28?,29-,30?,31?,32?/m1/s1. The van der Waals surface area contributed by atoms with Gasteiger partial charge in [-0.3, -0.25) is 33.6 Å². The Hall–Kier alpha value is -4.81. The van der Waals surface area contributed by atoms with Crippen LogP contribution in [-0.2, 0) is 80.9 Å². The summed E-state index contributed by atoms with van der Waals surface area (Å²) in [7, 11) is 0. The van der Waals surface area contributed by atoms with Crippen LogP contribution in [0.15, 0.2) is 30.3 Å². The first-order valence-electron chi connectivity index (χ1n) is 15.5. The summed E-state index contributed by atoms with van der Waals surface area (Å²) >= 11 is 0. The van der Waals surface area contributed by atoms with Crippen molar-refractivity contribution in [3.05, 3.63) is 30.3 Å². The van der Waals surface area contributed by atoms with Crippen LogP contribution in [0, 0.1) is 0 Å². The van der Waals surface area contributed by atoms with Gasteiger partial charge in [-0.25, -0.2) is 0 Å². The fourth-order valence-corrected chi connectivity index (χ4v) is 5.33. The van der Waals surface area contributed by atoms with Crippen molar-refractivity contribution in [3.8, 4) is 0 Å². The zero-order valence-corrected chi connectivity index (χ0v) is 28.5. The number of hydrogen-bond donors (Lipinski definition) is 1. The molecule has 2 aliphatic heterocycles. The topological polar surface area (TPSA) is 224 Å². The van der Waals surface area contributed by atoms with E-state index in [1.807, 2.05) is 0 Å². The molecule has 2 fully saturated rings. The largest absolute Gasteiger partial charge is 0.463 e. The number of nitrogens with one attached hydrogen (secondary N) is 1. The molecule has 0 amide bonds. The van der Waals surface area contributed by atoms with Gasteiger partial charge in [-0.2, -0.15) is 0 Å². The van der Waals surface area contributed by atoms with Crippen LogP contribution in [0.25, 0.3) is 0 Å². The zero-order chi connectivity index (χ0) is 37.1. The summed E-state index contributed by atoms with van der Waals surface area (Å²) in [6, 6.07) is 8.59. The molecular weight excluding hydrogens is 670 g/mol. The fourth-order valence-electron chi connectivity index (χ4n) is 5.33. The highest BCUT2D eigenvalue weighted by atomic mass is 16.8. The van der Waals surface area contributed by atoms with Gasteiger partial charge in [0.05, 0.1) is 0 Å². The highest BCUT2D eigenvalue weighted by molar-refractivity contribution is 5.69. The van der Waals surface area contributed by atoms with Crippen LogP contribution >= 0.6 is 0 Å². The first-order chi connectivity index (χ1) is 23.5. The van der Waals surface area contributed by atoms with Crippen LogP contribution in [0.4, 0.5) is 5.69 Å². The lowest BCUT2D eigenvalue weighted by Crippen LogP contribution is -2.67. The molecule has 0 spiro atoms. The van der Waals surface area contributed by atoms with E-state index in [2.05, 4.69) is 5.32 Å². The van der Waals surface area contributed by atoms with E-state index in [-0.39, 0.29) is 0 Å². The van der Waals surface area contributed by atoms with E-state index >= 15 is 0 Å². The summed E-state index contributed by atoms with van der Waals surface area (Å²) in [5, 5.41) is 3.06. The van der Waals surface area contributed by atoms with Crippen LogP contribution in [-0.4, -0.2) is 116 Å². The second-order valence-corrected chi connectivity index (χ2v) is 11.2. The molecule has 0 bridgehead atoms. The lowest BCUT2D eigenvalue weighted by Gasteiger charge is -2.49. The average molecular weight is 712 g/mol. The summed E-state index contributed by atoms with van der Waals surface area (Å²) < 4.78 is 56.6. The van der Waals surface area contributed by atoms with Crippen molar-refractivity contribution in [1.29, 1.82) is 0 Å². The second-order valence-electron chi connectivity index (χ2n) is 11.2. The van der Waals surface area contributed by atoms with Crippen LogP contribution in [0.5, 0.6) is 0 Å². The number of anilines is 1. The third-order valence-electron chi connectivity index (χ3n) is 7.01. The third-order valence-corrected chi connectivity index (χ3v) is 7.01. The summed E-state index contributed by atoms with van der Waals surface area (Å²) in [4.78, 5) is 85.4. The lowest BCUT2D eigenvalue weighted by atomic mass is 9.95. The predicted molar refractivity (Wildman–Crippen MR) is 163 cm³/mol. The van der Waals surface area contributed by atoms with E-state index in [0.29, 0.717) is 5.69 Å². The molecule has 18 heteroatoms. The maximum atomic E-state index is 12.5. The molecule has 1 aromatic rings. The highest BCUT2D eigenvalue weighted by Crippen LogP contribution is 2.35. The van der Waals surface area contributed by atoms with Crippen molar-refractivity contribution in [1.82, 2.24) is 0 Å². The smallest absolute Gasteiger partial charge is 0.303 e. The number of para-hydroxylation sites is 1. The molecule has 50 heavy (non-hydrogen) atoms. The maximum absolute atomic E-state index is 12.5. The minimum absolute atomic E-state index is 0.497. The molecule has 6 unspecified atom stereocenters. The van der Waals surface area contributed by atoms with E-state index in [9.17, 15) is 33.6 Å². The van der Waals surface area contributed by atoms with Crippen molar-refractivity contribution in [2.45, 2.75) is 110 Å². The van der Waals surface area contributed by atoms with Gasteiger partial charge in [0.2, 0.25) is 0 Å². The molecule has 1 N–H and O–H groups in total. The Morgan fingerprint density at radius 2 is 0.940 bits per heavy atom. The van der Waals surface area contributed by atoms with E-state index in [1.165, 1.54) is 0 Å². The van der Waals surface area contributed by atoms with Gasteiger partial charge in [-0.15, -0.1) is 0 Å². The molecule has 0 saturated carbocycles. The Bertz CT molecular complexity index is 1390. The molecule has 1 aromatic carbocycles. The first kappa shape index (κ1) is 39.6. The van der Waals surface area contributed by atoms with Crippen molar-refractivity contribution < 1.29 is 80.9 Å². The van der Waals surface area contributed by atoms with Gasteiger partial charge in [0.15, 0.2) is 43.0 Å². The van der Waals surface area contributed by atoms with Gasteiger partial charge >= 0.3 is 41.8 Å². The SMILES string of the molecule is CC(=O)OCC1OC(O[C@H]2[C@H](OC(C)=O)[C@@H](OC(C)=O)C(Nc3ccccc3)O[C@@H]2COC(C)=O)C(OC(C)=O)C(OC(C)=O)C1OC(C)=O. The molecule has 2 saturated heterocycles. The number of hydrogen-bond acceptors (Lipinski definition) is 18. The molecule has 0 radical (unpaired) electrons. The lowest BCUT2D eigenvalue weighted by molar-refractivity contribution is -0.343. The number of esters is 7. The summed E-state index contributed by atoms with van der Waals surface area (Å²) in [6.45, 7) is 6.56. The Morgan fingerprint density at radius 3 is 1.42 bits per heavy atom. The molecule has 276 valence electrons. The van der Waals surface area contributed by atoms with Gasteiger partial charge in [-0.05, 0) is 12.1 Å². The molecule has 2 heterocycles. The van der Waals surface area contributed by atoms with E-state index in [0.717, 1.165) is 48.5 Å². The Balaban J connectivity index is 2.16. The summed E-state index contributed by atoms with van der Waals surface area (Å²) in [6.07, 6.45) is -14.9. The number of benzene rings is 1. The average Bonchev–Trinajstić information content (AvgIpc) is 3.00. The number of carbonyl (C=O) groups excluding carboxylic acids is 7. The van der Waals surface area contributed by atoms with Crippen molar-refractivity contribution in [2.75, 3.05) is 18.5 Å². The number of ether oxygens (including phenoxy) is 10. The molecule has 2 aliphatic rings. The molecular formula is C32H41NO17. The summed E-state index contributed by atoms with van der Waals surface area (Å²) in [5.41, 5.74) is 0.515. The van der Waals surface area contributed by atoms with Crippen molar-refractivity contribution in [3.63, 3.8) is 0 Å². The van der Waals surface area contributed by atoms with E-state index in [4.69, 9.17) is 47.4 Å². The molecule has 10 atom stereocenters. The zero-order valence-electron chi connectivity index (χ0n) is 28.5. The fraction of sp³-hybridized carbons (Fsp3) is 0.594. The van der Waals surface area contributed by atoms with Gasteiger partial charge in [0.25, 0.3) is 0 Å². The first-order valence-corrected chi connectivity index (χ1v) is 15.5. The highest BCUT2D eigenvalue weighted by Gasteiger charge is 2.57. The quantitative estimate of drug-likeness (QED) is 0.220. The predicted octanol–water partition coefficient (Wildman–Crippen LogP) is 0.718. The van der Waals surface area contributed by atoms with E-state index in [1.54, 1.807) is 30.3 Å². The van der Waals surface area contributed by atoms with Crippen LogP contribution in [0.2, 0.25) is 0 Å². The molecule has 0 aliphatic carbocycles. The van der Waals surface area contributed by atoms with Crippen LogP contribution in [0.3, 0.4) is 0 Å². The van der Waals surface area contributed by atoms with Crippen LogP contribution < -0.4 is 5.32 Å². The number of rotatable bonds is 13. The number of carbonyl (C=O) groups is 7. The molecule has 18 nitrogen and oxygen atoms in total. The van der Waals surface area contributed by atoms with Gasteiger partial charge in [-0.1, -0.05) is 18.2 Å². The van der Waals surface area contributed by atoms with Crippen LogP contribution in [0.1, 0.15) is 48.5 Å². The Labute approximate surface area is 287 Å².